The zero-order valence-corrected chi connectivity index (χ0v) is 16.3. The fourth-order valence-corrected chi connectivity index (χ4v) is 3.35. The highest BCUT2D eigenvalue weighted by Crippen LogP contribution is 2.22. The minimum Gasteiger partial charge on any atom is -0.477 e. The first-order valence-electron chi connectivity index (χ1n) is 9.68. The maximum absolute atomic E-state index is 11.5. The number of nitrogens with one attached hydrogen (secondary N) is 1. The highest BCUT2D eigenvalue weighted by Gasteiger charge is 2.30. The number of rotatable bonds is 7. The molecule has 0 aromatic heterocycles. The largest absolute Gasteiger partial charge is 0.477 e. The molecule has 4 heteroatoms. The molecule has 1 aliphatic rings. The second kappa shape index (κ2) is 8.85. The molecule has 0 fully saturated rings. The summed E-state index contributed by atoms with van der Waals surface area (Å²) in [6, 6.07) is 19.0. The third kappa shape index (κ3) is 4.97. The number of hydrogen-bond donors (Lipinski definition) is 1. The van der Waals surface area contributed by atoms with E-state index in [2.05, 4.69) is 67.7 Å². The lowest BCUT2D eigenvalue weighted by Gasteiger charge is -2.22. The molecule has 1 aliphatic heterocycles. The van der Waals surface area contributed by atoms with E-state index in [1.807, 2.05) is 6.07 Å². The third-order valence-electron chi connectivity index (χ3n) is 5.10. The Bertz CT molecular complexity index is 784. The molecule has 1 heterocycles. The molecule has 1 unspecified atom stereocenters. The number of hydrogen-bond acceptors (Lipinski definition) is 3. The van der Waals surface area contributed by atoms with Crippen molar-refractivity contribution in [2.24, 2.45) is 10.9 Å². The number of benzene rings is 2. The number of aliphatic imine (C=N–C) groups is 1. The first-order chi connectivity index (χ1) is 13.1. The van der Waals surface area contributed by atoms with E-state index in [1.165, 1.54) is 23.6 Å². The van der Waals surface area contributed by atoms with Crippen LogP contribution in [0.5, 0.6) is 0 Å². The molecule has 0 aliphatic carbocycles. The first-order valence-corrected chi connectivity index (χ1v) is 9.68. The quantitative estimate of drug-likeness (QED) is 0.799. The molecule has 0 radical (unpaired) electrons. The van der Waals surface area contributed by atoms with Gasteiger partial charge < -0.3 is 10.1 Å². The summed E-state index contributed by atoms with van der Waals surface area (Å²) in [6.07, 6.45) is 1.80. The van der Waals surface area contributed by atoms with Crippen molar-refractivity contribution in [1.82, 2.24) is 5.32 Å². The molecule has 142 valence electrons. The highest BCUT2D eigenvalue weighted by molar-refractivity contribution is 5.88. The highest BCUT2D eigenvalue weighted by atomic mass is 16.5. The van der Waals surface area contributed by atoms with Crippen LogP contribution in [0.1, 0.15) is 32.8 Å². The Balaban J connectivity index is 1.67. The normalized spacial score (nSPS) is 18.3. The minimum atomic E-state index is -0.141. The Hall–Kier alpha value is -2.62. The maximum Gasteiger partial charge on any atom is 0.217 e. The lowest BCUT2D eigenvalue weighted by molar-refractivity contribution is -0.119. The molecule has 3 atom stereocenters. The van der Waals surface area contributed by atoms with Gasteiger partial charge in [0.25, 0.3) is 0 Å². The average Bonchev–Trinajstić information content (AvgIpc) is 3.15. The summed E-state index contributed by atoms with van der Waals surface area (Å²) in [6.45, 7) is 6.34. The van der Waals surface area contributed by atoms with Gasteiger partial charge in [-0.15, -0.1) is 0 Å². The average molecular weight is 364 g/mol. The van der Waals surface area contributed by atoms with Gasteiger partial charge in [-0.3, -0.25) is 4.79 Å². The van der Waals surface area contributed by atoms with Crippen LogP contribution in [0.2, 0.25) is 0 Å². The van der Waals surface area contributed by atoms with Crippen molar-refractivity contribution in [2.45, 2.75) is 45.7 Å². The van der Waals surface area contributed by atoms with Gasteiger partial charge in [-0.05, 0) is 29.0 Å². The summed E-state index contributed by atoms with van der Waals surface area (Å²) in [5, 5.41) is 2.99. The number of carbonyl (C=O) groups excluding carboxylic acids is 1. The molecule has 1 N–H and O–H groups in total. The molecule has 27 heavy (non-hydrogen) atoms. The molecule has 0 bridgehead atoms. The Labute approximate surface area is 161 Å². The van der Waals surface area contributed by atoms with Crippen molar-refractivity contribution < 1.29 is 9.53 Å². The maximum atomic E-state index is 11.5. The smallest absolute Gasteiger partial charge is 0.217 e. The minimum absolute atomic E-state index is 0.0495. The second-order valence-corrected chi connectivity index (χ2v) is 7.26. The molecule has 2 aromatic carbocycles. The van der Waals surface area contributed by atoms with E-state index in [-0.39, 0.29) is 23.9 Å². The topological polar surface area (TPSA) is 50.7 Å². The zero-order chi connectivity index (χ0) is 19.2. The molecule has 0 saturated heterocycles. The predicted octanol–water partition coefficient (Wildman–Crippen LogP) is 4.24. The van der Waals surface area contributed by atoms with E-state index in [1.54, 1.807) is 0 Å². The van der Waals surface area contributed by atoms with Crippen LogP contribution >= 0.6 is 0 Å². The van der Waals surface area contributed by atoms with E-state index in [0.717, 1.165) is 12.8 Å². The molecule has 3 rings (SSSR count). The Morgan fingerprint density at radius 2 is 1.81 bits per heavy atom. The van der Waals surface area contributed by atoms with Crippen molar-refractivity contribution in [2.75, 3.05) is 6.61 Å². The van der Waals surface area contributed by atoms with Gasteiger partial charge in [-0.25, -0.2) is 4.99 Å². The van der Waals surface area contributed by atoms with Crippen molar-refractivity contribution in [1.29, 1.82) is 0 Å². The first kappa shape index (κ1) is 19.2. The van der Waals surface area contributed by atoms with Gasteiger partial charge >= 0.3 is 0 Å². The van der Waals surface area contributed by atoms with E-state index in [4.69, 9.17) is 9.73 Å². The van der Waals surface area contributed by atoms with Crippen molar-refractivity contribution in [3.8, 4) is 11.1 Å². The SMILES string of the molecule is CC[C@H](C)[C@H](NC(C)=O)C1=NC(Cc2ccc(-c3ccccc3)cc2)CO1. The number of nitrogens with zero attached hydrogens (tertiary/aromatic N) is 1. The standard InChI is InChI=1S/C23H28N2O2/c1-4-16(2)22(24-17(3)26)23-25-21(15-27-23)14-18-10-12-20(13-11-18)19-8-6-5-7-9-19/h5-13,16,21-22H,4,14-15H2,1-3H3,(H,24,26)/t16-,21?,22-/m0/s1. The summed E-state index contributed by atoms with van der Waals surface area (Å²) >= 11 is 0. The lowest BCUT2D eigenvalue weighted by Crippen LogP contribution is -2.44. The van der Waals surface area contributed by atoms with Crippen LogP contribution in [-0.2, 0) is 16.0 Å². The molecule has 0 spiro atoms. The lowest BCUT2D eigenvalue weighted by atomic mass is 9.99. The summed E-state index contributed by atoms with van der Waals surface area (Å²) in [4.78, 5) is 16.3. The van der Waals surface area contributed by atoms with E-state index >= 15 is 0 Å². The second-order valence-electron chi connectivity index (χ2n) is 7.26. The summed E-state index contributed by atoms with van der Waals surface area (Å²) in [7, 11) is 0. The fraction of sp³-hybridized carbons (Fsp3) is 0.391. The summed E-state index contributed by atoms with van der Waals surface area (Å²) in [5.74, 6) is 0.911. The summed E-state index contributed by atoms with van der Waals surface area (Å²) in [5.41, 5.74) is 3.68. The van der Waals surface area contributed by atoms with Gasteiger partial charge in [-0.1, -0.05) is 74.9 Å². The van der Waals surface area contributed by atoms with Crippen molar-refractivity contribution >= 4 is 11.8 Å². The third-order valence-corrected chi connectivity index (χ3v) is 5.10. The fourth-order valence-electron chi connectivity index (χ4n) is 3.35. The van der Waals surface area contributed by atoms with Gasteiger partial charge in [0, 0.05) is 6.92 Å². The Morgan fingerprint density at radius 1 is 1.15 bits per heavy atom. The molecule has 2 aromatic rings. The predicted molar refractivity (Wildman–Crippen MR) is 110 cm³/mol. The molecule has 0 saturated carbocycles. The van der Waals surface area contributed by atoms with E-state index in [0.29, 0.717) is 12.5 Å². The zero-order valence-electron chi connectivity index (χ0n) is 16.3. The summed E-state index contributed by atoms with van der Waals surface area (Å²) < 4.78 is 5.85. The van der Waals surface area contributed by atoms with Gasteiger partial charge in [-0.2, -0.15) is 0 Å². The van der Waals surface area contributed by atoms with Gasteiger partial charge in [0.15, 0.2) is 0 Å². The van der Waals surface area contributed by atoms with Crippen LogP contribution < -0.4 is 5.32 Å². The molecule has 4 nitrogen and oxygen atoms in total. The molecule has 1 amide bonds. The van der Waals surface area contributed by atoms with Crippen LogP contribution in [0.25, 0.3) is 11.1 Å². The van der Waals surface area contributed by atoms with Gasteiger partial charge in [0.2, 0.25) is 11.8 Å². The Morgan fingerprint density at radius 3 is 2.44 bits per heavy atom. The molecular weight excluding hydrogens is 336 g/mol. The van der Waals surface area contributed by atoms with Crippen LogP contribution in [0.3, 0.4) is 0 Å². The van der Waals surface area contributed by atoms with Crippen molar-refractivity contribution in [3.05, 3.63) is 60.2 Å². The van der Waals surface area contributed by atoms with E-state index < -0.39 is 0 Å². The number of ether oxygens (including phenoxy) is 1. The number of carbonyl (C=O) groups is 1. The number of amides is 1. The van der Waals surface area contributed by atoms with E-state index in [9.17, 15) is 4.79 Å². The van der Waals surface area contributed by atoms with Crippen LogP contribution in [0.15, 0.2) is 59.6 Å². The molecular formula is C23H28N2O2. The monoisotopic (exact) mass is 364 g/mol. The van der Waals surface area contributed by atoms with Gasteiger partial charge in [0.1, 0.15) is 12.6 Å². The Kier molecular flexibility index (Phi) is 6.28. The van der Waals surface area contributed by atoms with Crippen LogP contribution in [-0.4, -0.2) is 30.5 Å². The van der Waals surface area contributed by atoms with Gasteiger partial charge in [0.05, 0.1) is 6.04 Å². The van der Waals surface area contributed by atoms with Crippen molar-refractivity contribution in [3.63, 3.8) is 0 Å². The van der Waals surface area contributed by atoms with Crippen LogP contribution in [0.4, 0.5) is 0 Å². The van der Waals surface area contributed by atoms with Crippen LogP contribution in [0, 0.1) is 5.92 Å².